The molecule has 0 atom stereocenters. The molecule has 18 heavy (non-hydrogen) atoms. The lowest BCUT2D eigenvalue weighted by Gasteiger charge is -2.40. The Hall–Kier alpha value is -1.32. The van der Waals surface area contributed by atoms with Gasteiger partial charge in [0.25, 0.3) is 0 Å². The van der Waals surface area contributed by atoms with Crippen molar-refractivity contribution in [2.75, 3.05) is 23.7 Å². The summed E-state index contributed by atoms with van der Waals surface area (Å²) in [6, 6.07) is 0. The third-order valence-electron chi connectivity index (χ3n) is 4.39. The lowest BCUT2D eigenvalue weighted by Crippen LogP contribution is -2.39. The van der Waals surface area contributed by atoms with Crippen molar-refractivity contribution in [1.29, 1.82) is 0 Å². The molecule has 1 aromatic heterocycles. The highest BCUT2D eigenvalue weighted by Gasteiger charge is 2.29. The van der Waals surface area contributed by atoms with Crippen molar-refractivity contribution >= 4 is 11.6 Å². The Morgan fingerprint density at radius 3 is 2.39 bits per heavy atom. The number of aryl methyl sites for hydroxylation is 1. The van der Waals surface area contributed by atoms with Gasteiger partial charge in [0, 0.05) is 18.7 Å². The quantitative estimate of drug-likeness (QED) is 0.874. The van der Waals surface area contributed by atoms with Gasteiger partial charge in [-0.2, -0.15) is 0 Å². The molecule has 4 nitrogen and oxygen atoms in total. The summed E-state index contributed by atoms with van der Waals surface area (Å²) in [5.41, 5.74) is 7.44. The van der Waals surface area contributed by atoms with Gasteiger partial charge in [0.2, 0.25) is 0 Å². The van der Waals surface area contributed by atoms with E-state index in [2.05, 4.69) is 28.7 Å². The molecule has 0 aromatic carbocycles. The van der Waals surface area contributed by atoms with Crippen molar-refractivity contribution in [1.82, 2.24) is 9.97 Å². The molecule has 1 aromatic rings. The van der Waals surface area contributed by atoms with Gasteiger partial charge >= 0.3 is 0 Å². The van der Waals surface area contributed by atoms with Crippen molar-refractivity contribution in [3.63, 3.8) is 0 Å². The summed E-state index contributed by atoms with van der Waals surface area (Å²) < 4.78 is 0. The second-order valence-electron chi connectivity index (χ2n) is 5.76. The Morgan fingerprint density at radius 1 is 1.22 bits per heavy atom. The van der Waals surface area contributed by atoms with E-state index in [0.29, 0.717) is 11.2 Å². The van der Waals surface area contributed by atoms with Crippen molar-refractivity contribution in [3.8, 4) is 0 Å². The van der Waals surface area contributed by atoms with E-state index in [1.165, 1.54) is 19.3 Å². The number of anilines is 2. The van der Waals surface area contributed by atoms with Crippen LogP contribution in [0.1, 0.15) is 44.5 Å². The first-order valence-corrected chi connectivity index (χ1v) is 6.81. The highest BCUT2D eigenvalue weighted by Crippen LogP contribution is 2.36. The van der Waals surface area contributed by atoms with Crippen LogP contribution in [0, 0.1) is 19.3 Å². The maximum absolute atomic E-state index is 5.93. The number of piperidine rings is 1. The van der Waals surface area contributed by atoms with Gasteiger partial charge < -0.3 is 10.6 Å². The minimum atomic E-state index is 0.498. The van der Waals surface area contributed by atoms with Crippen LogP contribution in [0.5, 0.6) is 0 Å². The second-order valence-corrected chi connectivity index (χ2v) is 5.76. The zero-order chi connectivity index (χ0) is 13.3. The van der Waals surface area contributed by atoms with E-state index < -0.39 is 0 Å². The zero-order valence-corrected chi connectivity index (χ0v) is 12.0. The Labute approximate surface area is 110 Å². The third-order valence-corrected chi connectivity index (χ3v) is 4.39. The number of nitrogen functional groups attached to an aromatic ring is 1. The molecule has 0 unspecified atom stereocenters. The first-order chi connectivity index (χ1) is 8.45. The third kappa shape index (κ3) is 2.42. The molecule has 2 N–H and O–H groups in total. The molecule has 1 saturated heterocycles. The summed E-state index contributed by atoms with van der Waals surface area (Å²) in [6.45, 7) is 10.7. The topological polar surface area (TPSA) is 55.0 Å². The number of aromatic nitrogens is 2. The van der Waals surface area contributed by atoms with E-state index in [1.807, 2.05) is 13.8 Å². The molecule has 0 saturated carbocycles. The smallest absolute Gasteiger partial charge is 0.137 e. The minimum absolute atomic E-state index is 0.498. The fourth-order valence-electron chi connectivity index (χ4n) is 2.55. The van der Waals surface area contributed by atoms with E-state index in [9.17, 15) is 0 Å². The molecular weight excluding hydrogens is 224 g/mol. The average Bonchev–Trinajstić information content (AvgIpc) is 2.35. The van der Waals surface area contributed by atoms with Gasteiger partial charge in [0.15, 0.2) is 0 Å². The largest absolute Gasteiger partial charge is 0.383 e. The molecule has 1 aliphatic heterocycles. The van der Waals surface area contributed by atoms with Crippen molar-refractivity contribution < 1.29 is 0 Å². The average molecular weight is 248 g/mol. The first-order valence-electron chi connectivity index (χ1n) is 6.81. The van der Waals surface area contributed by atoms with Crippen LogP contribution in [0.15, 0.2) is 0 Å². The van der Waals surface area contributed by atoms with Gasteiger partial charge in [-0.15, -0.1) is 0 Å². The van der Waals surface area contributed by atoms with Crippen molar-refractivity contribution in [2.45, 2.75) is 47.0 Å². The second kappa shape index (κ2) is 4.75. The molecule has 0 spiro atoms. The van der Waals surface area contributed by atoms with Crippen LogP contribution in [-0.4, -0.2) is 23.1 Å². The molecule has 0 aliphatic carbocycles. The molecule has 2 rings (SSSR count). The number of nitrogens with zero attached hydrogens (tertiary/aromatic N) is 3. The van der Waals surface area contributed by atoms with Gasteiger partial charge in [0.1, 0.15) is 17.5 Å². The normalized spacial score (nSPS) is 19.0. The van der Waals surface area contributed by atoms with Crippen molar-refractivity contribution in [2.24, 2.45) is 5.41 Å². The van der Waals surface area contributed by atoms with Gasteiger partial charge in [-0.1, -0.05) is 20.3 Å². The fraction of sp³-hybridized carbons (Fsp3) is 0.714. The summed E-state index contributed by atoms with van der Waals surface area (Å²) in [4.78, 5) is 11.1. The molecule has 2 heterocycles. The summed E-state index contributed by atoms with van der Waals surface area (Å²) in [5, 5.41) is 0. The molecule has 1 fully saturated rings. The molecule has 4 heteroatoms. The molecular formula is C14H24N4. The van der Waals surface area contributed by atoms with Gasteiger partial charge in [-0.25, -0.2) is 9.97 Å². The number of hydrogen-bond donors (Lipinski definition) is 1. The van der Waals surface area contributed by atoms with Crippen molar-refractivity contribution in [3.05, 3.63) is 11.4 Å². The summed E-state index contributed by atoms with van der Waals surface area (Å²) in [7, 11) is 0. The van der Waals surface area contributed by atoms with Crippen LogP contribution in [0.2, 0.25) is 0 Å². The highest BCUT2D eigenvalue weighted by atomic mass is 15.2. The Bertz CT molecular complexity index is 434. The summed E-state index contributed by atoms with van der Waals surface area (Å²) in [6.07, 6.45) is 3.71. The standard InChI is InChI=1S/C14H24N4/c1-5-14(4)6-8-18(9-7-14)13-10(2)12(15)16-11(3)17-13/h5-9H2,1-4H3,(H2,15,16,17). The van der Waals surface area contributed by atoms with E-state index in [1.54, 1.807) is 0 Å². The lowest BCUT2D eigenvalue weighted by atomic mass is 9.78. The predicted octanol–water partition coefficient (Wildman–Crippen LogP) is 2.69. The minimum Gasteiger partial charge on any atom is -0.383 e. The Morgan fingerprint density at radius 2 is 1.83 bits per heavy atom. The lowest BCUT2D eigenvalue weighted by molar-refractivity contribution is 0.237. The van der Waals surface area contributed by atoms with Gasteiger partial charge in [-0.3, -0.25) is 0 Å². The van der Waals surface area contributed by atoms with Crippen LogP contribution in [-0.2, 0) is 0 Å². The van der Waals surface area contributed by atoms with Crippen LogP contribution >= 0.6 is 0 Å². The Balaban J connectivity index is 2.20. The number of rotatable bonds is 2. The maximum atomic E-state index is 5.93. The molecule has 1 aliphatic rings. The van der Waals surface area contributed by atoms with E-state index in [0.717, 1.165) is 30.3 Å². The summed E-state index contributed by atoms with van der Waals surface area (Å²) in [5.74, 6) is 2.40. The number of nitrogens with two attached hydrogens (primary N) is 1. The molecule has 0 radical (unpaired) electrons. The number of hydrogen-bond acceptors (Lipinski definition) is 4. The highest BCUT2D eigenvalue weighted by molar-refractivity contribution is 5.56. The van der Waals surface area contributed by atoms with Gasteiger partial charge in [0.05, 0.1) is 0 Å². The zero-order valence-electron chi connectivity index (χ0n) is 12.0. The predicted molar refractivity (Wildman–Crippen MR) is 75.8 cm³/mol. The van der Waals surface area contributed by atoms with Crippen LogP contribution in [0.25, 0.3) is 0 Å². The summed E-state index contributed by atoms with van der Waals surface area (Å²) >= 11 is 0. The van der Waals surface area contributed by atoms with Crippen LogP contribution in [0.4, 0.5) is 11.6 Å². The molecule has 0 amide bonds. The Kier molecular flexibility index (Phi) is 3.46. The van der Waals surface area contributed by atoms with E-state index >= 15 is 0 Å². The van der Waals surface area contributed by atoms with Crippen LogP contribution in [0.3, 0.4) is 0 Å². The monoisotopic (exact) mass is 248 g/mol. The first kappa shape index (κ1) is 13.1. The van der Waals surface area contributed by atoms with Gasteiger partial charge in [-0.05, 0) is 32.1 Å². The van der Waals surface area contributed by atoms with E-state index in [-0.39, 0.29) is 0 Å². The van der Waals surface area contributed by atoms with E-state index in [4.69, 9.17) is 5.73 Å². The fourth-order valence-corrected chi connectivity index (χ4v) is 2.55. The SMILES string of the molecule is CCC1(C)CCN(c2nc(C)nc(N)c2C)CC1. The maximum Gasteiger partial charge on any atom is 0.137 e. The molecule has 0 bridgehead atoms. The molecule has 100 valence electrons. The van der Waals surface area contributed by atoms with Crippen LogP contribution < -0.4 is 10.6 Å².